The van der Waals surface area contributed by atoms with Crippen LogP contribution in [0, 0.1) is 0 Å². The van der Waals surface area contributed by atoms with Crippen LogP contribution in [0.1, 0.15) is 5.56 Å². The predicted octanol–water partition coefficient (Wildman–Crippen LogP) is 2.95. The second-order valence-corrected chi connectivity index (χ2v) is 10.1. The number of hydrogen-bond donors (Lipinski definition) is 0. The number of quaternary nitrogens is 1. The Balaban J connectivity index is 2.82. The molecule has 1 rings (SSSR count). The van der Waals surface area contributed by atoms with Crippen LogP contribution in [0.4, 0.5) is 0 Å². The van der Waals surface area contributed by atoms with Gasteiger partial charge in [0.05, 0.1) is 21.1 Å². The quantitative estimate of drug-likeness (QED) is 0.695. The molecule has 0 aromatic heterocycles. The fraction of sp³-hybridized carbons (Fsp3) is 0.538. The summed E-state index contributed by atoms with van der Waals surface area (Å²) in [5.41, 5.74) is 1.43. The van der Waals surface area contributed by atoms with Gasteiger partial charge in [0.1, 0.15) is 6.54 Å². The highest BCUT2D eigenvalue weighted by Gasteiger charge is 2.10. The smallest absolute Gasteiger partial charge is 0.104 e. The van der Waals surface area contributed by atoms with Gasteiger partial charge < -0.3 is 4.48 Å². The van der Waals surface area contributed by atoms with Crippen molar-refractivity contribution in [3.05, 3.63) is 29.8 Å². The monoisotopic (exact) mass is 226 g/mol. The first kappa shape index (κ1) is 12.6. The van der Waals surface area contributed by atoms with Gasteiger partial charge in [-0.3, -0.25) is 0 Å². The van der Waals surface area contributed by atoms with Crippen molar-refractivity contribution in [3.63, 3.8) is 0 Å². The lowest BCUT2D eigenvalue weighted by molar-refractivity contribution is -0.884. The van der Waals surface area contributed by atoms with Crippen molar-refractivity contribution in [1.29, 1.82) is 0 Å². The van der Waals surface area contributed by atoms with Gasteiger partial charge >= 0.3 is 0 Å². The van der Waals surface area contributed by atoms with E-state index in [-0.39, 0.29) is 0 Å². The van der Waals surface area contributed by atoms with Gasteiger partial charge in [-0.2, -0.15) is 0 Å². The van der Waals surface area contributed by atoms with Gasteiger partial charge in [0.2, 0.25) is 0 Å². The van der Waals surface area contributed by atoms with Crippen LogP contribution in [0.5, 0.6) is 0 Å². The molecule has 0 aliphatic heterocycles. The second kappa shape index (κ2) is 4.18. The molecule has 0 fully saturated rings. The van der Waals surface area contributed by atoms with E-state index in [4.69, 9.17) is 0 Å². The molecule has 0 radical (unpaired) electrons. The number of rotatable bonds is 3. The molecule has 0 heterocycles. The normalized spacial score (nSPS) is 14.0. The summed E-state index contributed by atoms with van der Waals surface area (Å²) in [5.74, 6) is 0. The molecule has 0 atom stereocenters. The van der Waals surface area contributed by atoms with Gasteiger partial charge in [-0.1, -0.05) is 12.1 Å². The molecule has 1 aromatic rings. The van der Waals surface area contributed by atoms with Crippen molar-refractivity contribution in [3.8, 4) is 0 Å². The number of hydrogen-bond acceptors (Lipinski definition) is 0. The fourth-order valence-corrected chi connectivity index (χ4v) is 2.50. The topological polar surface area (TPSA) is 0 Å². The molecule has 0 aliphatic carbocycles. The van der Waals surface area contributed by atoms with E-state index in [1.54, 1.807) is 0 Å². The Morgan fingerprint density at radius 1 is 0.933 bits per heavy atom. The minimum Gasteiger partial charge on any atom is -0.327 e. The van der Waals surface area contributed by atoms with Crippen LogP contribution in [-0.4, -0.2) is 44.4 Å². The SMILES string of the molecule is C[N+](C)(C)Cc1ccc(S(C)(C)C)cc1. The van der Waals surface area contributed by atoms with Crippen molar-refractivity contribution < 1.29 is 4.48 Å². The molecule has 0 unspecified atom stereocenters. The zero-order valence-electron chi connectivity index (χ0n) is 10.9. The molecule has 86 valence electrons. The summed E-state index contributed by atoms with van der Waals surface area (Å²) in [5, 5.41) is 0. The van der Waals surface area contributed by atoms with Crippen LogP contribution in [0.2, 0.25) is 0 Å². The first-order valence-electron chi connectivity index (χ1n) is 5.26. The molecule has 0 bridgehead atoms. The Morgan fingerprint density at radius 2 is 1.40 bits per heavy atom. The summed E-state index contributed by atoms with van der Waals surface area (Å²) < 4.78 is 0.988. The van der Waals surface area contributed by atoms with Gasteiger partial charge in [0.15, 0.2) is 0 Å². The first-order valence-corrected chi connectivity index (χ1v) is 8.12. The van der Waals surface area contributed by atoms with Crippen LogP contribution in [-0.2, 0) is 6.54 Å². The molecule has 1 aromatic carbocycles. The minimum absolute atomic E-state index is 0.568. The lowest BCUT2D eigenvalue weighted by atomic mass is 10.2. The average molecular weight is 226 g/mol. The molecule has 15 heavy (non-hydrogen) atoms. The molecular weight excluding hydrogens is 202 g/mol. The van der Waals surface area contributed by atoms with Crippen molar-refractivity contribution in [2.24, 2.45) is 0 Å². The number of nitrogens with zero attached hydrogens (tertiary/aromatic N) is 1. The summed E-state index contributed by atoms with van der Waals surface area (Å²) in [6.07, 6.45) is 7.01. The van der Waals surface area contributed by atoms with Crippen LogP contribution >= 0.6 is 10.0 Å². The average Bonchev–Trinajstić information content (AvgIpc) is 2.00. The summed E-state index contributed by atoms with van der Waals surface area (Å²) in [6, 6.07) is 9.13. The third kappa shape index (κ3) is 4.27. The summed E-state index contributed by atoms with van der Waals surface area (Å²) in [4.78, 5) is 1.49. The van der Waals surface area contributed by atoms with Crippen molar-refractivity contribution >= 4 is 10.0 Å². The standard InChI is InChI=1S/C13H24NS/c1-14(2,3)11-12-7-9-13(10-8-12)15(4,5)6/h7-10H,11H2,1-6H3/q+1. The van der Waals surface area contributed by atoms with Crippen LogP contribution in [0.3, 0.4) is 0 Å². The van der Waals surface area contributed by atoms with Gasteiger partial charge in [-0.15, -0.1) is 0 Å². The van der Waals surface area contributed by atoms with E-state index in [2.05, 4.69) is 64.2 Å². The third-order valence-corrected chi connectivity index (χ3v) is 3.97. The molecule has 0 saturated carbocycles. The lowest BCUT2D eigenvalue weighted by Gasteiger charge is -2.27. The zero-order chi connectivity index (χ0) is 11.7. The highest BCUT2D eigenvalue weighted by molar-refractivity contribution is 8.32. The van der Waals surface area contributed by atoms with Crippen molar-refractivity contribution in [2.75, 3.05) is 39.9 Å². The Morgan fingerprint density at radius 3 is 1.73 bits per heavy atom. The Hall–Kier alpha value is -0.470. The molecule has 0 amide bonds. The minimum atomic E-state index is -0.568. The third-order valence-electron chi connectivity index (χ3n) is 2.29. The van der Waals surface area contributed by atoms with Gasteiger partial charge in [-0.05, 0) is 35.8 Å². The molecule has 0 aliphatic rings. The molecule has 1 nitrogen and oxygen atoms in total. The molecule has 0 saturated heterocycles. The van der Waals surface area contributed by atoms with Crippen LogP contribution in [0.25, 0.3) is 0 Å². The Kier molecular flexibility index (Phi) is 3.51. The predicted molar refractivity (Wildman–Crippen MR) is 71.8 cm³/mol. The first-order chi connectivity index (χ1) is 6.68. The van der Waals surface area contributed by atoms with Crippen LogP contribution < -0.4 is 0 Å². The maximum absolute atomic E-state index is 2.34. The van der Waals surface area contributed by atoms with E-state index in [0.29, 0.717) is 0 Å². The summed E-state index contributed by atoms with van der Waals surface area (Å²) in [6.45, 7) is 1.10. The Bertz CT molecular complexity index is 314. The highest BCUT2D eigenvalue weighted by Crippen LogP contribution is 2.44. The van der Waals surface area contributed by atoms with E-state index in [1.807, 2.05) is 0 Å². The Labute approximate surface area is 96.0 Å². The van der Waals surface area contributed by atoms with E-state index in [9.17, 15) is 0 Å². The number of benzene rings is 1. The zero-order valence-corrected chi connectivity index (χ0v) is 11.7. The summed E-state index contributed by atoms with van der Waals surface area (Å²) in [7, 11) is 6.11. The lowest BCUT2D eigenvalue weighted by Crippen LogP contribution is -2.33. The van der Waals surface area contributed by atoms with Crippen molar-refractivity contribution in [1.82, 2.24) is 0 Å². The maximum Gasteiger partial charge on any atom is 0.104 e. The fourth-order valence-electron chi connectivity index (χ4n) is 1.55. The summed E-state index contributed by atoms with van der Waals surface area (Å²) >= 11 is 0. The molecule has 2 heteroatoms. The van der Waals surface area contributed by atoms with E-state index >= 15 is 0 Å². The van der Waals surface area contributed by atoms with Gasteiger partial charge in [0.25, 0.3) is 0 Å². The van der Waals surface area contributed by atoms with E-state index in [1.165, 1.54) is 10.5 Å². The highest BCUT2D eigenvalue weighted by atomic mass is 32.3. The van der Waals surface area contributed by atoms with Gasteiger partial charge in [-0.25, -0.2) is 10.0 Å². The van der Waals surface area contributed by atoms with E-state index < -0.39 is 10.0 Å². The maximum atomic E-state index is 2.34. The largest absolute Gasteiger partial charge is 0.327 e. The van der Waals surface area contributed by atoms with Crippen LogP contribution in [0.15, 0.2) is 29.2 Å². The molecule has 0 spiro atoms. The van der Waals surface area contributed by atoms with Crippen molar-refractivity contribution in [2.45, 2.75) is 11.4 Å². The molecule has 0 N–H and O–H groups in total. The van der Waals surface area contributed by atoms with E-state index in [0.717, 1.165) is 11.0 Å². The van der Waals surface area contributed by atoms with Gasteiger partial charge in [0, 0.05) is 5.56 Å². The second-order valence-electron chi connectivity index (χ2n) is 5.93. The molecular formula is C13H24NS+.